The van der Waals surface area contributed by atoms with Gasteiger partial charge in [-0.3, -0.25) is 14.7 Å². The second-order valence-corrected chi connectivity index (χ2v) is 7.67. The molecule has 7 nitrogen and oxygen atoms in total. The van der Waals surface area contributed by atoms with Gasteiger partial charge < -0.3 is 15.2 Å². The summed E-state index contributed by atoms with van der Waals surface area (Å²) in [6.45, 7) is 4.83. The Balaban J connectivity index is 1.36. The van der Waals surface area contributed by atoms with Crippen molar-refractivity contribution in [3.8, 4) is 0 Å². The van der Waals surface area contributed by atoms with Crippen LogP contribution in [0.3, 0.4) is 0 Å². The molecular formula is C21H23FN6O. The molecule has 5 rings (SSSR count). The van der Waals surface area contributed by atoms with Crippen molar-refractivity contribution in [2.24, 2.45) is 0 Å². The van der Waals surface area contributed by atoms with Gasteiger partial charge in [-0.1, -0.05) is 0 Å². The average Bonchev–Trinajstić information content (AvgIpc) is 2.75. The van der Waals surface area contributed by atoms with Crippen molar-refractivity contribution in [1.82, 2.24) is 19.9 Å². The van der Waals surface area contributed by atoms with Crippen LogP contribution < -0.4 is 15.8 Å². The number of rotatable bonds is 3. The molecule has 1 aromatic carbocycles. The highest BCUT2D eigenvalue weighted by Gasteiger charge is 2.21. The molecule has 4 heterocycles. The van der Waals surface area contributed by atoms with Crippen molar-refractivity contribution in [1.29, 1.82) is 0 Å². The maximum Gasteiger partial charge on any atom is 0.253 e. The molecule has 29 heavy (non-hydrogen) atoms. The second kappa shape index (κ2) is 7.44. The van der Waals surface area contributed by atoms with E-state index in [0.29, 0.717) is 35.1 Å². The minimum Gasteiger partial charge on any atom is -0.384 e. The molecule has 0 aliphatic carbocycles. The number of halogens is 1. The van der Waals surface area contributed by atoms with Crippen molar-refractivity contribution in [2.45, 2.75) is 19.4 Å². The van der Waals surface area contributed by atoms with E-state index in [9.17, 15) is 9.18 Å². The topological polar surface area (TPSA) is 77.2 Å². The third kappa shape index (κ3) is 3.44. The first-order valence-corrected chi connectivity index (χ1v) is 10.0. The van der Waals surface area contributed by atoms with Gasteiger partial charge in [-0.25, -0.2) is 9.37 Å². The van der Waals surface area contributed by atoms with Crippen molar-refractivity contribution in [2.75, 3.05) is 42.9 Å². The summed E-state index contributed by atoms with van der Waals surface area (Å²) in [5.74, 6) is 0.608. The lowest BCUT2D eigenvalue weighted by Gasteiger charge is -2.35. The zero-order valence-corrected chi connectivity index (χ0v) is 16.1. The summed E-state index contributed by atoms with van der Waals surface area (Å²) in [7, 11) is 0. The van der Waals surface area contributed by atoms with E-state index < -0.39 is 0 Å². The monoisotopic (exact) mass is 394 g/mol. The lowest BCUT2D eigenvalue weighted by Crippen LogP contribution is -2.46. The van der Waals surface area contributed by atoms with Crippen LogP contribution in [0.5, 0.6) is 0 Å². The summed E-state index contributed by atoms with van der Waals surface area (Å²) >= 11 is 0. The Morgan fingerprint density at radius 2 is 2.00 bits per heavy atom. The molecule has 2 aliphatic rings. The van der Waals surface area contributed by atoms with Crippen LogP contribution in [0.25, 0.3) is 10.9 Å². The van der Waals surface area contributed by atoms with E-state index in [0.717, 1.165) is 50.5 Å². The molecule has 0 radical (unpaired) electrons. The SMILES string of the molecule is O=c1[nH]c2cc(CN3CCN(c4cnccn4)CC3)cc(F)c2c2c1CCCN2. The van der Waals surface area contributed by atoms with E-state index in [1.165, 1.54) is 0 Å². The van der Waals surface area contributed by atoms with Gasteiger partial charge in [0.1, 0.15) is 11.6 Å². The quantitative estimate of drug-likeness (QED) is 0.709. The normalized spacial score (nSPS) is 17.2. The van der Waals surface area contributed by atoms with Crippen LogP contribution in [-0.2, 0) is 13.0 Å². The van der Waals surface area contributed by atoms with Crippen LogP contribution in [0.4, 0.5) is 15.9 Å². The number of pyridine rings is 1. The number of nitrogens with one attached hydrogen (secondary N) is 2. The van der Waals surface area contributed by atoms with Crippen LogP contribution in [0.1, 0.15) is 17.5 Å². The Morgan fingerprint density at radius 1 is 1.14 bits per heavy atom. The lowest BCUT2D eigenvalue weighted by atomic mass is 10.00. The molecule has 8 heteroatoms. The predicted molar refractivity (Wildman–Crippen MR) is 111 cm³/mol. The van der Waals surface area contributed by atoms with Gasteiger partial charge in [0.05, 0.1) is 22.8 Å². The van der Waals surface area contributed by atoms with E-state index >= 15 is 0 Å². The summed E-state index contributed by atoms with van der Waals surface area (Å²) in [5, 5.41) is 3.72. The number of hydrogen-bond donors (Lipinski definition) is 2. The molecule has 150 valence electrons. The predicted octanol–water partition coefficient (Wildman–Crippen LogP) is 2.14. The zero-order valence-electron chi connectivity index (χ0n) is 16.1. The van der Waals surface area contributed by atoms with Crippen molar-refractivity contribution < 1.29 is 4.39 Å². The maximum atomic E-state index is 15.0. The fourth-order valence-electron chi connectivity index (χ4n) is 4.33. The van der Waals surface area contributed by atoms with Gasteiger partial charge in [-0.15, -0.1) is 0 Å². The standard InChI is InChI=1S/C21H23FN6O/c22-16-10-14(11-17-19(16)20-15(21(29)26-17)2-1-3-25-20)13-27-6-8-28(9-7-27)18-12-23-4-5-24-18/h4-5,10-12,25H,1-3,6-9,13H2,(H,26,29). The smallest absolute Gasteiger partial charge is 0.253 e. The number of anilines is 2. The fraction of sp³-hybridized carbons (Fsp3) is 0.381. The molecule has 3 aromatic rings. The first-order valence-electron chi connectivity index (χ1n) is 10.0. The number of hydrogen-bond acceptors (Lipinski definition) is 6. The first kappa shape index (κ1) is 18.1. The van der Waals surface area contributed by atoms with Crippen LogP contribution in [0, 0.1) is 5.82 Å². The van der Waals surface area contributed by atoms with Gasteiger partial charge in [0.2, 0.25) is 0 Å². The summed E-state index contributed by atoms with van der Waals surface area (Å²) in [6.07, 6.45) is 6.73. The number of fused-ring (bicyclic) bond motifs is 3. The molecule has 0 atom stereocenters. The Bertz CT molecular complexity index is 1090. The summed E-state index contributed by atoms with van der Waals surface area (Å²) in [6, 6.07) is 3.51. The number of nitrogens with zero attached hydrogens (tertiary/aromatic N) is 4. The van der Waals surface area contributed by atoms with Crippen LogP contribution >= 0.6 is 0 Å². The molecular weight excluding hydrogens is 371 g/mol. The van der Waals surface area contributed by atoms with Gasteiger partial charge in [0.25, 0.3) is 5.56 Å². The minimum absolute atomic E-state index is 0.117. The van der Waals surface area contributed by atoms with Gasteiger partial charge in [-0.2, -0.15) is 0 Å². The molecule has 2 aliphatic heterocycles. The number of H-pyrrole nitrogens is 1. The van der Waals surface area contributed by atoms with Crippen molar-refractivity contribution >= 4 is 22.4 Å². The number of piperazine rings is 1. The number of aromatic amines is 1. The highest BCUT2D eigenvalue weighted by Crippen LogP contribution is 2.30. The second-order valence-electron chi connectivity index (χ2n) is 7.67. The molecule has 0 amide bonds. The zero-order chi connectivity index (χ0) is 19.8. The highest BCUT2D eigenvalue weighted by molar-refractivity contribution is 5.94. The first-order chi connectivity index (χ1) is 14.2. The van der Waals surface area contributed by atoms with Gasteiger partial charge >= 0.3 is 0 Å². The molecule has 0 spiro atoms. The number of aromatic nitrogens is 3. The Kier molecular flexibility index (Phi) is 4.63. The number of benzene rings is 1. The van der Waals surface area contributed by atoms with E-state index in [-0.39, 0.29) is 11.4 Å². The molecule has 1 fully saturated rings. The molecule has 0 unspecified atom stereocenters. The molecule has 2 N–H and O–H groups in total. The molecule has 2 aromatic heterocycles. The van der Waals surface area contributed by atoms with Gasteiger partial charge in [-0.05, 0) is 30.5 Å². The minimum atomic E-state index is -0.280. The average molecular weight is 394 g/mol. The molecule has 1 saturated heterocycles. The van der Waals surface area contributed by atoms with Crippen LogP contribution in [0.15, 0.2) is 35.5 Å². The maximum absolute atomic E-state index is 15.0. The summed E-state index contributed by atoms with van der Waals surface area (Å²) in [4.78, 5) is 28.3. The highest BCUT2D eigenvalue weighted by atomic mass is 19.1. The largest absolute Gasteiger partial charge is 0.384 e. The van der Waals surface area contributed by atoms with Crippen molar-refractivity contribution in [3.63, 3.8) is 0 Å². The van der Waals surface area contributed by atoms with E-state index in [2.05, 4.69) is 30.1 Å². The fourth-order valence-corrected chi connectivity index (χ4v) is 4.33. The Morgan fingerprint density at radius 3 is 2.79 bits per heavy atom. The lowest BCUT2D eigenvalue weighted by molar-refractivity contribution is 0.249. The summed E-state index contributed by atoms with van der Waals surface area (Å²) < 4.78 is 15.0. The molecule has 0 bridgehead atoms. The third-order valence-corrected chi connectivity index (χ3v) is 5.78. The molecule has 0 saturated carbocycles. The van der Waals surface area contributed by atoms with Gasteiger partial charge in [0, 0.05) is 57.2 Å². The van der Waals surface area contributed by atoms with Gasteiger partial charge in [0.15, 0.2) is 0 Å². The van der Waals surface area contributed by atoms with Crippen LogP contribution in [0.2, 0.25) is 0 Å². The Hall–Kier alpha value is -3.00. The van der Waals surface area contributed by atoms with Crippen molar-refractivity contribution in [3.05, 3.63) is 58.0 Å². The van der Waals surface area contributed by atoms with Crippen LogP contribution in [-0.4, -0.2) is 52.6 Å². The third-order valence-electron chi connectivity index (χ3n) is 5.78. The van der Waals surface area contributed by atoms with E-state index in [4.69, 9.17) is 0 Å². The van der Waals surface area contributed by atoms with E-state index in [1.807, 2.05) is 6.07 Å². The Labute approximate surface area is 167 Å². The summed E-state index contributed by atoms with van der Waals surface area (Å²) in [5.41, 5.74) is 2.65. The van der Waals surface area contributed by atoms with E-state index in [1.54, 1.807) is 24.7 Å².